The van der Waals surface area contributed by atoms with Crippen molar-refractivity contribution in [3.05, 3.63) is 41.4 Å². The molecular formula is C19H23ClN2O6S. The fourth-order valence-corrected chi connectivity index (χ4v) is 3.97. The van der Waals surface area contributed by atoms with Crippen molar-refractivity contribution in [3.63, 3.8) is 0 Å². The van der Waals surface area contributed by atoms with Crippen molar-refractivity contribution in [2.24, 2.45) is 0 Å². The Morgan fingerprint density at radius 1 is 1.07 bits per heavy atom. The predicted octanol–water partition coefficient (Wildman–Crippen LogP) is 3.06. The minimum Gasteiger partial charge on any atom is -0.493 e. The quantitative estimate of drug-likeness (QED) is 0.618. The van der Waals surface area contributed by atoms with E-state index >= 15 is 0 Å². The molecule has 1 amide bonds. The standard InChI is InChI=1S/C19H23ClN2O6S/c1-5-28-16-9-7-14(11-15(16)20)29(24,25)22-12(2)19(23)21-13-6-8-17(26-3)18(10-13)27-4/h6-12,22H,5H2,1-4H3,(H,21,23)/t12-/m1/s1. The second-order valence-corrected chi connectivity index (χ2v) is 8.05. The van der Waals surface area contributed by atoms with Gasteiger partial charge < -0.3 is 19.5 Å². The molecule has 10 heteroatoms. The lowest BCUT2D eigenvalue weighted by Crippen LogP contribution is -2.41. The molecule has 0 aliphatic carbocycles. The van der Waals surface area contributed by atoms with E-state index in [1.54, 1.807) is 25.1 Å². The number of carbonyl (C=O) groups is 1. The van der Waals surface area contributed by atoms with Crippen LogP contribution in [0.5, 0.6) is 17.2 Å². The van der Waals surface area contributed by atoms with E-state index in [0.29, 0.717) is 29.5 Å². The van der Waals surface area contributed by atoms with Crippen molar-refractivity contribution in [2.45, 2.75) is 24.8 Å². The average Bonchev–Trinajstić information content (AvgIpc) is 2.69. The maximum Gasteiger partial charge on any atom is 0.242 e. The highest BCUT2D eigenvalue weighted by molar-refractivity contribution is 7.89. The SMILES string of the molecule is CCOc1ccc(S(=O)(=O)N[C@H](C)C(=O)Nc2ccc(OC)c(OC)c2)cc1Cl. The first-order chi connectivity index (χ1) is 13.7. The Bertz CT molecular complexity index is 981. The smallest absolute Gasteiger partial charge is 0.242 e. The van der Waals surface area contributed by atoms with E-state index in [0.717, 1.165) is 0 Å². The summed E-state index contributed by atoms with van der Waals surface area (Å²) in [5.41, 5.74) is 0.433. The number of hydrogen-bond acceptors (Lipinski definition) is 6. The van der Waals surface area contributed by atoms with Crippen molar-refractivity contribution in [3.8, 4) is 17.2 Å². The van der Waals surface area contributed by atoms with Gasteiger partial charge in [-0.3, -0.25) is 4.79 Å². The lowest BCUT2D eigenvalue weighted by molar-refractivity contribution is -0.117. The Hall–Kier alpha value is -2.49. The van der Waals surface area contributed by atoms with E-state index < -0.39 is 22.0 Å². The molecule has 158 valence electrons. The normalized spacial score (nSPS) is 12.2. The van der Waals surface area contributed by atoms with Gasteiger partial charge in [0.15, 0.2) is 11.5 Å². The zero-order valence-electron chi connectivity index (χ0n) is 16.5. The third kappa shape index (κ3) is 5.75. The van der Waals surface area contributed by atoms with Crippen molar-refractivity contribution in [1.82, 2.24) is 4.72 Å². The van der Waals surface area contributed by atoms with Gasteiger partial charge in [-0.05, 0) is 44.2 Å². The van der Waals surface area contributed by atoms with Crippen LogP contribution in [0.3, 0.4) is 0 Å². The first-order valence-electron chi connectivity index (χ1n) is 8.69. The fraction of sp³-hybridized carbons (Fsp3) is 0.316. The van der Waals surface area contributed by atoms with Gasteiger partial charge in [-0.1, -0.05) is 11.6 Å². The highest BCUT2D eigenvalue weighted by Crippen LogP contribution is 2.30. The molecule has 1 atom stereocenters. The largest absolute Gasteiger partial charge is 0.493 e. The summed E-state index contributed by atoms with van der Waals surface area (Å²) in [7, 11) is -0.996. The van der Waals surface area contributed by atoms with Crippen LogP contribution in [-0.4, -0.2) is 41.2 Å². The van der Waals surface area contributed by atoms with E-state index in [1.807, 2.05) is 0 Å². The van der Waals surface area contributed by atoms with Gasteiger partial charge in [-0.2, -0.15) is 4.72 Å². The summed E-state index contributed by atoms with van der Waals surface area (Å²) in [4.78, 5) is 12.4. The van der Waals surface area contributed by atoms with E-state index in [4.69, 9.17) is 25.8 Å². The number of ether oxygens (including phenoxy) is 3. The van der Waals surface area contributed by atoms with Gasteiger partial charge in [0.2, 0.25) is 15.9 Å². The van der Waals surface area contributed by atoms with Crippen LogP contribution in [0, 0.1) is 0 Å². The van der Waals surface area contributed by atoms with Gasteiger partial charge in [-0.25, -0.2) is 8.42 Å². The van der Waals surface area contributed by atoms with Gasteiger partial charge in [0.05, 0.1) is 36.8 Å². The summed E-state index contributed by atoms with van der Waals surface area (Å²) in [6, 6.07) is 7.88. The summed E-state index contributed by atoms with van der Waals surface area (Å²) >= 11 is 6.06. The van der Waals surface area contributed by atoms with Gasteiger partial charge in [0.1, 0.15) is 5.75 Å². The van der Waals surface area contributed by atoms with Crippen LogP contribution < -0.4 is 24.2 Å². The van der Waals surface area contributed by atoms with Crippen LogP contribution in [0.4, 0.5) is 5.69 Å². The zero-order chi connectivity index (χ0) is 21.6. The average molecular weight is 443 g/mol. The third-order valence-electron chi connectivity index (χ3n) is 3.89. The van der Waals surface area contributed by atoms with Crippen molar-refractivity contribution < 1.29 is 27.4 Å². The molecule has 2 N–H and O–H groups in total. The summed E-state index contributed by atoms with van der Waals surface area (Å²) in [5, 5.41) is 2.80. The fourth-order valence-electron chi connectivity index (χ4n) is 2.44. The molecule has 0 aromatic heterocycles. The lowest BCUT2D eigenvalue weighted by atomic mass is 10.2. The summed E-state index contributed by atoms with van der Waals surface area (Å²) in [6.07, 6.45) is 0. The molecule has 0 heterocycles. The molecule has 2 rings (SSSR count). The lowest BCUT2D eigenvalue weighted by Gasteiger charge is -2.16. The van der Waals surface area contributed by atoms with Crippen LogP contribution in [0.25, 0.3) is 0 Å². The molecule has 0 saturated carbocycles. The highest BCUT2D eigenvalue weighted by atomic mass is 35.5. The maximum absolute atomic E-state index is 12.6. The van der Waals surface area contributed by atoms with Crippen molar-refractivity contribution in [1.29, 1.82) is 0 Å². The van der Waals surface area contributed by atoms with Crippen molar-refractivity contribution in [2.75, 3.05) is 26.1 Å². The highest BCUT2D eigenvalue weighted by Gasteiger charge is 2.23. The molecule has 0 aliphatic rings. The summed E-state index contributed by atoms with van der Waals surface area (Å²) < 4.78 is 43.1. The van der Waals surface area contributed by atoms with Gasteiger partial charge in [0, 0.05) is 11.8 Å². The monoisotopic (exact) mass is 442 g/mol. The minimum atomic E-state index is -3.97. The Labute approximate surface area is 175 Å². The maximum atomic E-state index is 12.6. The number of carbonyl (C=O) groups excluding carboxylic acids is 1. The molecule has 2 aromatic rings. The summed E-state index contributed by atoms with van der Waals surface area (Å²) in [5.74, 6) is 0.777. The Morgan fingerprint density at radius 3 is 2.31 bits per heavy atom. The first-order valence-corrected chi connectivity index (χ1v) is 10.6. The molecule has 8 nitrogen and oxygen atoms in total. The summed E-state index contributed by atoms with van der Waals surface area (Å²) in [6.45, 7) is 3.63. The Morgan fingerprint density at radius 2 is 1.72 bits per heavy atom. The van der Waals surface area contributed by atoms with Crippen LogP contribution >= 0.6 is 11.6 Å². The second kappa shape index (κ2) is 9.82. The number of halogens is 1. The van der Waals surface area contributed by atoms with E-state index in [2.05, 4.69) is 10.0 Å². The van der Waals surface area contributed by atoms with Crippen LogP contribution in [0.1, 0.15) is 13.8 Å². The number of rotatable bonds is 9. The number of hydrogen-bond donors (Lipinski definition) is 2. The molecule has 0 bridgehead atoms. The molecule has 0 saturated heterocycles. The molecular weight excluding hydrogens is 420 g/mol. The van der Waals surface area contributed by atoms with Crippen molar-refractivity contribution >= 4 is 33.2 Å². The van der Waals surface area contributed by atoms with Gasteiger partial charge >= 0.3 is 0 Å². The number of sulfonamides is 1. The molecule has 2 aromatic carbocycles. The number of benzene rings is 2. The second-order valence-electron chi connectivity index (χ2n) is 5.93. The Balaban J connectivity index is 2.11. The molecule has 0 aliphatic heterocycles. The zero-order valence-corrected chi connectivity index (χ0v) is 18.1. The molecule has 0 unspecified atom stereocenters. The van der Waals surface area contributed by atoms with Crippen LogP contribution in [0.2, 0.25) is 5.02 Å². The minimum absolute atomic E-state index is 0.0725. The number of anilines is 1. The van der Waals surface area contributed by atoms with Crippen LogP contribution in [0.15, 0.2) is 41.3 Å². The number of methoxy groups -OCH3 is 2. The first kappa shape index (κ1) is 22.8. The predicted molar refractivity (Wildman–Crippen MR) is 111 cm³/mol. The number of amides is 1. The van der Waals surface area contributed by atoms with E-state index in [1.165, 1.54) is 39.3 Å². The number of nitrogens with one attached hydrogen (secondary N) is 2. The molecule has 0 fully saturated rings. The topological polar surface area (TPSA) is 103 Å². The van der Waals surface area contributed by atoms with Gasteiger partial charge in [0.25, 0.3) is 0 Å². The van der Waals surface area contributed by atoms with Gasteiger partial charge in [-0.15, -0.1) is 0 Å². The third-order valence-corrected chi connectivity index (χ3v) is 5.72. The molecule has 29 heavy (non-hydrogen) atoms. The van der Waals surface area contributed by atoms with Crippen LogP contribution in [-0.2, 0) is 14.8 Å². The molecule has 0 radical (unpaired) electrons. The van der Waals surface area contributed by atoms with E-state index in [9.17, 15) is 13.2 Å². The van der Waals surface area contributed by atoms with E-state index in [-0.39, 0.29) is 9.92 Å². The Kier molecular flexibility index (Phi) is 7.72. The molecule has 0 spiro atoms.